The molecule has 0 aliphatic heterocycles. The Kier molecular flexibility index (Phi) is 4.63. The third-order valence-corrected chi connectivity index (χ3v) is 4.70. The monoisotopic (exact) mass is 366 g/mol. The van der Waals surface area contributed by atoms with Gasteiger partial charge in [0.2, 0.25) is 0 Å². The number of carbonyl (C=O) groups excluding carboxylic acids is 1. The van der Waals surface area contributed by atoms with Crippen LogP contribution in [0.5, 0.6) is 0 Å². The molecule has 4 nitrogen and oxygen atoms in total. The van der Waals surface area contributed by atoms with Crippen LogP contribution in [0.3, 0.4) is 0 Å². The second-order valence-electron chi connectivity index (χ2n) is 5.32. The standard InChI is InChI=1S/C17H13F3N2O2S/c1-10-14(15(23)21-8-11-6-7-24-9-11)25-16(22-10)12-2-4-13(5-3-12)17(18,19)20/h2-7,9H,8H2,1H3,(H,21,23). The van der Waals surface area contributed by atoms with Gasteiger partial charge in [-0.25, -0.2) is 4.98 Å². The van der Waals surface area contributed by atoms with Crippen LogP contribution in [0.2, 0.25) is 0 Å². The van der Waals surface area contributed by atoms with Gasteiger partial charge >= 0.3 is 6.18 Å². The average Bonchev–Trinajstić information content (AvgIpc) is 3.21. The summed E-state index contributed by atoms with van der Waals surface area (Å²) in [6, 6.07) is 6.46. The lowest BCUT2D eigenvalue weighted by molar-refractivity contribution is -0.137. The number of hydrogen-bond acceptors (Lipinski definition) is 4. The lowest BCUT2D eigenvalue weighted by Gasteiger charge is -2.06. The van der Waals surface area contributed by atoms with Gasteiger partial charge in [-0.1, -0.05) is 12.1 Å². The van der Waals surface area contributed by atoms with Crippen LogP contribution in [0.1, 0.15) is 26.5 Å². The third kappa shape index (κ3) is 3.90. The molecule has 130 valence electrons. The molecule has 1 N–H and O–H groups in total. The summed E-state index contributed by atoms with van der Waals surface area (Å²) in [6.45, 7) is 2.01. The van der Waals surface area contributed by atoms with E-state index in [2.05, 4.69) is 10.3 Å². The van der Waals surface area contributed by atoms with E-state index in [4.69, 9.17) is 4.42 Å². The van der Waals surface area contributed by atoms with Crippen molar-refractivity contribution in [2.75, 3.05) is 0 Å². The van der Waals surface area contributed by atoms with Crippen molar-refractivity contribution >= 4 is 17.2 Å². The SMILES string of the molecule is Cc1nc(-c2ccc(C(F)(F)F)cc2)sc1C(=O)NCc1ccoc1. The van der Waals surface area contributed by atoms with E-state index < -0.39 is 11.7 Å². The molecule has 0 saturated carbocycles. The number of carbonyl (C=O) groups is 1. The first kappa shape index (κ1) is 17.2. The van der Waals surface area contributed by atoms with E-state index in [0.717, 1.165) is 29.0 Å². The Morgan fingerprint density at radius 3 is 2.56 bits per heavy atom. The lowest BCUT2D eigenvalue weighted by atomic mass is 10.1. The normalized spacial score (nSPS) is 11.5. The molecule has 0 radical (unpaired) electrons. The summed E-state index contributed by atoms with van der Waals surface area (Å²) in [4.78, 5) is 17.0. The maximum absolute atomic E-state index is 12.6. The smallest absolute Gasteiger partial charge is 0.416 e. The molecule has 25 heavy (non-hydrogen) atoms. The molecule has 0 atom stereocenters. The molecule has 8 heteroatoms. The van der Waals surface area contributed by atoms with Crippen molar-refractivity contribution in [2.45, 2.75) is 19.6 Å². The molecule has 0 saturated heterocycles. The Bertz CT molecular complexity index is 868. The highest BCUT2D eigenvalue weighted by Crippen LogP contribution is 2.33. The molecule has 0 unspecified atom stereocenters. The zero-order valence-electron chi connectivity index (χ0n) is 13.1. The van der Waals surface area contributed by atoms with E-state index >= 15 is 0 Å². The van der Waals surface area contributed by atoms with E-state index in [1.165, 1.54) is 24.7 Å². The van der Waals surface area contributed by atoms with Crippen molar-refractivity contribution in [3.8, 4) is 10.6 Å². The summed E-state index contributed by atoms with van der Waals surface area (Å²) >= 11 is 1.14. The van der Waals surface area contributed by atoms with Crippen molar-refractivity contribution < 1.29 is 22.4 Å². The summed E-state index contributed by atoms with van der Waals surface area (Å²) in [5.74, 6) is -0.283. The van der Waals surface area contributed by atoms with Gasteiger partial charge in [0, 0.05) is 17.7 Å². The topological polar surface area (TPSA) is 55.1 Å². The second-order valence-corrected chi connectivity index (χ2v) is 6.32. The summed E-state index contributed by atoms with van der Waals surface area (Å²) in [6.07, 6.45) is -1.33. The van der Waals surface area contributed by atoms with Crippen LogP contribution >= 0.6 is 11.3 Å². The average molecular weight is 366 g/mol. The molecule has 3 rings (SSSR count). The van der Waals surface area contributed by atoms with E-state index in [0.29, 0.717) is 27.7 Å². The minimum Gasteiger partial charge on any atom is -0.472 e. The van der Waals surface area contributed by atoms with E-state index in [9.17, 15) is 18.0 Å². The molecule has 3 aromatic rings. The fraction of sp³-hybridized carbons (Fsp3) is 0.176. The predicted octanol–water partition coefficient (Wildman–Crippen LogP) is 4.66. The molecular formula is C17H13F3N2O2S. The predicted molar refractivity (Wildman–Crippen MR) is 87.2 cm³/mol. The maximum atomic E-state index is 12.6. The first-order valence-electron chi connectivity index (χ1n) is 7.29. The van der Waals surface area contributed by atoms with Crippen LogP contribution in [0.15, 0.2) is 47.3 Å². The number of furan rings is 1. The van der Waals surface area contributed by atoms with Gasteiger partial charge in [-0.15, -0.1) is 11.3 Å². The number of rotatable bonds is 4. The van der Waals surface area contributed by atoms with Crippen LogP contribution < -0.4 is 5.32 Å². The van der Waals surface area contributed by atoms with Crippen LogP contribution in [0.4, 0.5) is 13.2 Å². The van der Waals surface area contributed by atoms with Gasteiger partial charge in [-0.3, -0.25) is 4.79 Å². The van der Waals surface area contributed by atoms with Crippen LogP contribution in [0, 0.1) is 6.92 Å². The highest BCUT2D eigenvalue weighted by Gasteiger charge is 2.30. The van der Waals surface area contributed by atoms with E-state index in [-0.39, 0.29) is 5.91 Å². The van der Waals surface area contributed by atoms with Crippen molar-refractivity contribution in [1.29, 1.82) is 0 Å². The summed E-state index contributed by atoms with van der Waals surface area (Å²) in [7, 11) is 0. The van der Waals surface area contributed by atoms with Gasteiger partial charge in [0.25, 0.3) is 5.91 Å². The lowest BCUT2D eigenvalue weighted by Crippen LogP contribution is -2.22. The molecule has 1 aromatic carbocycles. The number of halogens is 3. The van der Waals surface area contributed by atoms with Crippen molar-refractivity contribution in [1.82, 2.24) is 10.3 Å². The Labute approximate surface area is 145 Å². The van der Waals surface area contributed by atoms with Gasteiger partial charge in [0.1, 0.15) is 9.88 Å². The number of alkyl halides is 3. The highest BCUT2D eigenvalue weighted by molar-refractivity contribution is 7.17. The Hall–Kier alpha value is -2.61. The molecule has 2 aromatic heterocycles. The Morgan fingerprint density at radius 1 is 1.24 bits per heavy atom. The van der Waals surface area contributed by atoms with Crippen molar-refractivity contribution in [3.63, 3.8) is 0 Å². The molecular weight excluding hydrogens is 353 g/mol. The quantitative estimate of drug-likeness (QED) is 0.731. The Balaban J connectivity index is 1.76. The molecule has 0 aliphatic rings. The number of benzene rings is 1. The number of nitrogens with zero attached hydrogens (tertiary/aromatic N) is 1. The molecule has 0 spiro atoms. The summed E-state index contributed by atoms with van der Waals surface area (Å²) in [5, 5.41) is 3.26. The van der Waals surface area contributed by atoms with Gasteiger partial charge < -0.3 is 9.73 Å². The fourth-order valence-electron chi connectivity index (χ4n) is 2.19. The number of amides is 1. The molecule has 0 aliphatic carbocycles. The van der Waals surface area contributed by atoms with Gasteiger partial charge in [-0.2, -0.15) is 13.2 Å². The third-order valence-electron chi connectivity index (χ3n) is 3.50. The molecule has 1 amide bonds. The van der Waals surface area contributed by atoms with Crippen LogP contribution in [-0.4, -0.2) is 10.9 Å². The van der Waals surface area contributed by atoms with Gasteiger partial charge in [-0.05, 0) is 25.1 Å². The Morgan fingerprint density at radius 2 is 1.96 bits per heavy atom. The second kappa shape index (κ2) is 6.72. The number of thiazole rings is 1. The van der Waals surface area contributed by atoms with Gasteiger partial charge in [0.05, 0.1) is 23.8 Å². The largest absolute Gasteiger partial charge is 0.472 e. The van der Waals surface area contributed by atoms with Crippen molar-refractivity contribution in [3.05, 3.63) is 64.6 Å². The number of hydrogen-bond donors (Lipinski definition) is 1. The summed E-state index contributed by atoms with van der Waals surface area (Å²) in [5.41, 5.74) is 1.18. The molecule has 2 heterocycles. The van der Waals surface area contributed by atoms with Crippen molar-refractivity contribution in [2.24, 2.45) is 0 Å². The first-order chi connectivity index (χ1) is 11.8. The zero-order chi connectivity index (χ0) is 18.0. The number of aryl methyl sites for hydroxylation is 1. The maximum Gasteiger partial charge on any atom is 0.416 e. The molecule has 0 fully saturated rings. The zero-order valence-corrected chi connectivity index (χ0v) is 13.9. The van der Waals surface area contributed by atoms with Crippen LogP contribution in [-0.2, 0) is 12.7 Å². The number of nitrogens with one attached hydrogen (secondary N) is 1. The number of aromatic nitrogens is 1. The van der Waals surface area contributed by atoms with Gasteiger partial charge in [0.15, 0.2) is 0 Å². The van der Waals surface area contributed by atoms with E-state index in [1.807, 2.05) is 0 Å². The highest BCUT2D eigenvalue weighted by atomic mass is 32.1. The minimum atomic E-state index is -4.38. The van der Waals surface area contributed by atoms with Crippen LogP contribution in [0.25, 0.3) is 10.6 Å². The minimum absolute atomic E-state index is 0.283. The summed E-state index contributed by atoms with van der Waals surface area (Å²) < 4.78 is 42.8. The fourth-order valence-corrected chi connectivity index (χ4v) is 3.18. The van der Waals surface area contributed by atoms with E-state index in [1.54, 1.807) is 13.0 Å². The first-order valence-corrected chi connectivity index (χ1v) is 8.10. The molecule has 0 bridgehead atoms.